The minimum Gasteiger partial charge on any atom is -0.511 e. The Labute approximate surface area is 187 Å². The summed E-state index contributed by atoms with van der Waals surface area (Å²) in [6, 6.07) is 6.98. The van der Waals surface area contributed by atoms with E-state index < -0.39 is 6.29 Å². The van der Waals surface area contributed by atoms with Gasteiger partial charge in [-0.05, 0) is 66.9 Å². The van der Waals surface area contributed by atoms with Crippen molar-refractivity contribution < 1.29 is 19.5 Å². The lowest BCUT2D eigenvalue weighted by molar-refractivity contribution is -0.117. The van der Waals surface area contributed by atoms with Gasteiger partial charge in [0, 0.05) is 24.8 Å². The van der Waals surface area contributed by atoms with Gasteiger partial charge in [-0.15, -0.1) is 0 Å². The third-order valence-corrected chi connectivity index (χ3v) is 7.03. The lowest BCUT2D eigenvalue weighted by Crippen LogP contribution is -2.31. The van der Waals surface area contributed by atoms with E-state index in [0.717, 1.165) is 18.6 Å². The van der Waals surface area contributed by atoms with Crippen LogP contribution in [0, 0.1) is 11.8 Å². The Morgan fingerprint density at radius 1 is 1.30 bits per heavy atom. The third-order valence-electron chi connectivity index (χ3n) is 5.54. The van der Waals surface area contributed by atoms with Gasteiger partial charge >= 0.3 is 0 Å². The zero-order valence-corrected chi connectivity index (χ0v) is 19.2. The highest BCUT2D eigenvalue weighted by Gasteiger charge is 2.35. The van der Waals surface area contributed by atoms with E-state index in [-0.39, 0.29) is 17.5 Å². The molecule has 3 unspecified atom stereocenters. The first-order valence-corrected chi connectivity index (χ1v) is 12.2. The molecule has 0 radical (unpaired) electrons. The molecule has 0 bridgehead atoms. The molecular formula is C23H30ClNO4S. The number of aliphatic hydroxyl groups is 1. The van der Waals surface area contributed by atoms with E-state index in [1.54, 1.807) is 31.2 Å². The van der Waals surface area contributed by atoms with Crippen molar-refractivity contribution in [2.75, 3.05) is 11.5 Å². The first-order valence-electron chi connectivity index (χ1n) is 10.7. The van der Waals surface area contributed by atoms with Crippen molar-refractivity contribution in [2.45, 2.75) is 58.7 Å². The van der Waals surface area contributed by atoms with Crippen LogP contribution in [0.4, 0.5) is 0 Å². The fourth-order valence-electron chi connectivity index (χ4n) is 4.04. The number of benzene rings is 1. The molecule has 1 aliphatic heterocycles. The first-order chi connectivity index (χ1) is 14.5. The van der Waals surface area contributed by atoms with Crippen LogP contribution in [0.1, 0.15) is 52.4 Å². The van der Waals surface area contributed by atoms with Gasteiger partial charge in [0.05, 0.1) is 11.3 Å². The molecule has 0 aromatic heterocycles. The van der Waals surface area contributed by atoms with Gasteiger partial charge in [-0.1, -0.05) is 30.1 Å². The Morgan fingerprint density at radius 2 is 2.07 bits per heavy atom. The number of allylic oxidation sites excluding steroid dienone is 2. The molecule has 1 heterocycles. The molecule has 5 nitrogen and oxygen atoms in total. The predicted molar refractivity (Wildman–Crippen MR) is 122 cm³/mol. The van der Waals surface area contributed by atoms with Crippen LogP contribution >= 0.6 is 23.4 Å². The van der Waals surface area contributed by atoms with E-state index in [9.17, 15) is 9.90 Å². The molecule has 3 rings (SSSR count). The van der Waals surface area contributed by atoms with Crippen molar-refractivity contribution in [1.29, 1.82) is 0 Å². The zero-order chi connectivity index (χ0) is 21.5. The molecular weight excluding hydrogens is 422 g/mol. The summed E-state index contributed by atoms with van der Waals surface area (Å²) in [6.07, 6.45) is 4.07. The topological polar surface area (TPSA) is 68.1 Å². The van der Waals surface area contributed by atoms with Gasteiger partial charge in [0.2, 0.25) is 0 Å². The van der Waals surface area contributed by atoms with Crippen LogP contribution in [0.5, 0.6) is 5.75 Å². The number of hydrogen-bond acceptors (Lipinski definition) is 6. The maximum absolute atomic E-state index is 12.9. The Kier molecular flexibility index (Phi) is 8.51. The lowest BCUT2D eigenvalue weighted by atomic mass is 9.76. The molecule has 0 saturated carbocycles. The van der Waals surface area contributed by atoms with Crippen LogP contribution in [-0.2, 0) is 9.63 Å². The summed E-state index contributed by atoms with van der Waals surface area (Å²) in [4.78, 5) is 18.5. The van der Waals surface area contributed by atoms with Crippen LogP contribution in [0.3, 0.4) is 0 Å². The highest BCUT2D eigenvalue weighted by molar-refractivity contribution is 7.99. The Balaban J connectivity index is 1.68. The average Bonchev–Trinajstić information content (AvgIpc) is 2.73. The number of Topliss-reactive ketones (excluding diaryl/α,β-unsaturated/α-hetero) is 1. The van der Waals surface area contributed by atoms with Gasteiger partial charge in [0.1, 0.15) is 11.5 Å². The quantitative estimate of drug-likeness (QED) is 0.290. The van der Waals surface area contributed by atoms with Crippen molar-refractivity contribution >= 4 is 34.9 Å². The number of aliphatic hydroxyl groups excluding tert-OH is 1. The molecule has 30 heavy (non-hydrogen) atoms. The number of oxime groups is 1. The fraction of sp³-hybridized carbons (Fsp3) is 0.565. The lowest BCUT2D eigenvalue weighted by Gasteiger charge is -2.32. The summed E-state index contributed by atoms with van der Waals surface area (Å²) in [7, 11) is 0. The minimum absolute atomic E-state index is 0.0265. The number of carbonyl (C=O) groups is 1. The van der Waals surface area contributed by atoms with Gasteiger partial charge in [-0.3, -0.25) is 4.79 Å². The second kappa shape index (κ2) is 11.1. The van der Waals surface area contributed by atoms with Crippen LogP contribution in [0.25, 0.3) is 0 Å². The number of halogens is 1. The van der Waals surface area contributed by atoms with Crippen molar-refractivity contribution in [2.24, 2.45) is 17.0 Å². The van der Waals surface area contributed by atoms with Gasteiger partial charge in [0.25, 0.3) is 6.29 Å². The molecule has 1 aliphatic carbocycles. The standard InChI is InChI=1S/C23H30ClNO4S/c1-3-5-20(25-29-15(2)28-19-9-7-18(24)8-10-19)23-21(26)12-17(13-22(23)27)16-6-4-11-30-14-16/h7-10,15-17,26H,3-6,11-14H2,1-2H3/b25-20+. The predicted octanol–water partition coefficient (Wildman–Crippen LogP) is 6.17. The maximum Gasteiger partial charge on any atom is 0.262 e. The number of ketones is 1. The SMILES string of the molecule is CCC/C(=N\OC(C)Oc1ccc(Cl)cc1)C1=C(O)CC(C2CCCSC2)CC1=O. The van der Waals surface area contributed by atoms with Crippen LogP contribution in [0.2, 0.25) is 5.02 Å². The van der Waals surface area contributed by atoms with Crippen LogP contribution < -0.4 is 4.74 Å². The molecule has 164 valence electrons. The molecule has 1 fully saturated rings. The summed E-state index contributed by atoms with van der Waals surface area (Å²) >= 11 is 7.84. The first kappa shape index (κ1) is 23.0. The molecule has 1 aromatic rings. The van der Waals surface area contributed by atoms with Crippen molar-refractivity contribution in [1.82, 2.24) is 0 Å². The number of rotatable bonds is 8. The maximum atomic E-state index is 12.9. The molecule has 7 heteroatoms. The molecule has 3 atom stereocenters. The van der Waals surface area contributed by atoms with Crippen molar-refractivity contribution in [3.8, 4) is 5.75 Å². The Morgan fingerprint density at radius 3 is 2.70 bits per heavy atom. The summed E-state index contributed by atoms with van der Waals surface area (Å²) in [5.41, 5.74) is 0.846. The second-order valence-electron chi connectivity index (χ2n) is 7.92. The van der Waals surface area contributed by atoms with Crippen LogP contribution in [-0.4, -0.2) is 34.4 Å². The third kappa shape index (κ3) is 6.17. The van der Waals surface area contributed by atoms with Gasteiger partial charge in [-0.25, -0.2) is 0 Å². The van der Waals surface area contributed by atoms with E-state index in [1.807, 2.05) is 18.7 Å². The van der Waals surface area contributed by atoms with E-state index in [4.69, 9.17) is 21.2 Å². The molecule has 1 N–H and O–H groups in total. The molecule has 2 aliphatic rings. The van der Waals surface area contributed by atoms with Crippen molar-refractivity contribution in [3.63, 3.8) is 0 Å². The Hall–Kier alpha value is -1.66. The van der Waals surface area contributed by atoms with E-state index in [0.29, 0.717) is 47.2 Å². The fourth-order valence-corrected chi connectivity index (χ4v) is 5.44. The molecule has 1 aromatic carbocycles. The van der Waals surface area contributed by atoms with Crippen molar-refractivity contribution in [3.05, 3.63) is 40.6 Å². The summed E-state index contributed by atoms with van der Waals surface area (Å²) in [5.74, 6) is 3.76. The number of nitrogens with zero attached hydrogens (tertiary/aromatic N) is 1. The number of thioether (sulfide) groups is 1. The normalized spacial score (nSPS) is 24.0. The van der Waals surface area contributed by atoms with Gasteiger partial charge in [0.15, 0.2) is 5.78 Å². The highest BCUT2D eigenvalue weighted by atomic mass is 35.5. The number of carbonyl (C=O) groups excluding carboxylic acids is 1. The minimum atomic E-state index is -0.647. The smallest absolute Gasteiger partial charge is 0.262 e. The van der Waals surface area contributed by atoms with E-state index in [1.165, 1.54) is 12.2 Å². The second-order valence-corrected chi connectivity index (χ2v) is 9.51. The van der Waals surface area contributed by atoms with E-state index in [2.05, 4.69) is 5.16 Å². The zero-order valence-electron chi connectivity index (χ0n) is 17.6. The monoisotopic (exact) mass is 451 g/mol. The Bertz CT molecular complexity index is 787. The molecule has 0 amide bonds. The van der Waals surface area contributed by atoms with Crippen LogP contribution in [0.15, 0.2) is 40.8 Å². The van der Waals surface area contributed by atoms with Gasteiger partial charge in [-0.2, -0.15) is 11.8 Å². The summed E-state index contributed by atoms with van der Waals surface area (Å²) in [5, 5.41) is 15.6. The van der Waals surface area contributed by atoms with Gasteiger partial charge < -0.3 is 14.7 Å². The highest BCUT2D eigenvalue weighted by Crippen LogP contribution is 2.38. The number of ether oxygens (including phenoxy) is 1. The average molecular weight is 452 g/mol. The number of hydrogen-bond donors (Lipinski definition) is 1. The molecule has 1 saturated heterocycles. The largest absolute Gasteiger partial charge is 0.511 e. The summed E-state index contributed by atoms with van der Waals surface area (Å²) in [6.45, 7) is 3.74. The summed E-state index contributed by atoms with van der Waals surface area (Å²) < 4.78 is 5.68. The molecule has 0 spiro atoms. The van der Waals surface area contributed by atoms with E-state index >= 15 is 0 Å².